The lowest BCUT2D eigenvalue weighted by Crippen LogP contribution is -2.57. The first-order chi connectivity index (χ1) is 19.6. The van der Waals surface area contributed by atoms with Gasteiger partial charge in [-0.2, -0.15) is 8.42 Å². The zero-order valence-corrected chi connectivity index (χ0v) is 25.7. The Hall–Kier alpha value is -3.02. The zero-order chi connectivity index (χ0) is 31.0. The van der Waals surface area contributed by atoms with E-state index in [2.05, 4.69) is 15.8 Å². The summed E-state index contributed by atoms with van der Waals surface area (Å²) in [6.45, 7) is 4.85. The first kappa shape index (κ1) is 31.9. The average molecular weight is 722 g/mol. The van der Waals surface area contributed by atoms with Crippen LogP contribution < -0.4 is 20.2 Å². The number of hydrogen-bond acceptors (Lipinski definition) is 6. The van der Waals surface area contributed by atoms with Crippen LogP contribution in [0.4, 0.5) is 34.8 Å². The van der Waals surface area contributed by atoms with Gasteiger partial charge in [0.2, 0.25) is 0 Å². The molecule has 226 valence electrons. The quantitative estimate of drug-likeness (QED) is 0.142. The van der Waals surface area contributed by atoms with Gasteiger partial charge < -0.3 is 5.32 Å². The number of carbonyl (C=O) groups excluding carboxylic acids is 1. The summed E-state index contributed by atoms with van der Waals surface area (Å²) in [4.78, 5) is 22.0. The highest BCUT2D eigenvalue weighted by Crippen LogP contribution is 2.42. The van der Waals surface area contributed by atoms with E-state index in [9.17, 15) is 17.6 Å². The maximum Gasteiger partial charge on any atom is 0.300 e. The number of hydroxylamine groups is 1. The third kappa shape index (κ3) is 6.63. The van der Waals surface area contributed by atoms with Crippen molar-refractivity contribution in [3.05, 3.63) is 80.1 Å². The molecule has 3 aromatic rings. The Labute approximate surface area is 254 Å². The molecule has 1 heterocycles. The van der Waals surface area contributed by atoms with Crippen LogP contribution in [-0.2, 0) is 21.5 Å². The molecule has 1 aromatic heterocycles. The minimum Gasteiger partial charge on any atom is -0.350 e. The highest BCUT2D eigenvalue weighted by atomic mass is 127. The van der Waals surface area contributed by atoms with Crippen LogP contribution in [0.3, 0.4) is 0 Å². The van der Waals surface area contributed by atoms with Crippen molar-refractivity contribution in [3.8, 4) is 0 Å². The summed E-state index contributed by atoms with van der Waals surface area (Å²) < 4.78 is 87.5. The molecule has 1 amide bonds. The molecule has 1 aliphatic rings. The van der Waals surface area contributed by atoms with Crippen LogP contribution in [0.5, 0.6) is 0 Å². The molecule has 1 fully saturated rings. The third-order valence-corrected chi connectivity index (χ3v) is 8.60. The number of nitrogens with one attached hydrogen (secondary N) is 2. The van der Waals surface area contributed by atoms with Gasteiger partial charge in [-0.3, -0.25) is 9.63 Å². The van der Waals surface area contributed by atoms with Gasteiger partial charge in [0.25, 0.3) is 5.91 Å². The van der Waals surface area contributed by atoms with Crippen LogP contribution in [0.2, 0.25) is 0 Å². The van der Waals surface area contributed by atoms with E-state index >= 15 is 13.2 Å². The number of anilines is 3. The summed E-state index contributed by atoms with van der Waals surface area (Å²) in [5.74, 6) is -6.39. The van der Waals surface area contributed by atoms with Crippen molar-refractivity contribution >= 4 is 55.9 Å². The van der Waals surface area contributed by atoms with Crippen LogP contribution >= 0.6 is 22.6 Å². The minimum atomic E-state index is -4.45. The van der Waals surface area contributed by atoms with E-state index < -0.39 is 80.1 Å². The minimum absolute atomic E-state index is 0.224. The molecule has 1 aliphatic carbocycles. The summed E-state index contributed by atoms with van der Waals surface area (Å²) in [7, 11) is -4.45. The fourth-order valence-electron chi connectivity index (χ4n) is 4.59. The molecule has 2 aromatic carbocycles. The lowest BCUT2D eigenvalue weighted by atomic mass is 9.78. The number of aromatic nitrogens is 1. The smallest absolute Gasteiger partial charge is 0.300 e. The molecule has 9 nitrogen and oxygen atoms in total. The van der Waals surface area contributed by atoms with Crippen LogP contribution in [0.1, 0.15) is 61.5 Å². The van der Waals surface area contributed by atoms with Crippen molar-refractivity contribution in [2.24, 2.45) is 5.14 Å². The van der Waals surface area contributed by atoms with Crippen LogP contribution in [0.25, 0.3) is 0 Å². The lowest BCUT2D eigenvalue weighted by molar-refractivity contribution is 0.000216. The molecule has 0 atom stereocenters. The van der Waals surface area contributed by atoms with Crippen molar-refractivity contribution < 1.29 is 35.6 Å². The maximum absolute atomic E-state index is 15.8. The van der Waals surface area contributed by atoms with Crippen LogP contribution in [0.15, 0.2) is 36.5 Å². The Kier molecular flexibility index (Phi) is 9.34. The predicted molar refractivity (Wildman–Crippen MR) is 157 cm³/mol. The lowest BCUT2D eigenvalue weighted by Gasteiger charge is -2.46. The average Bonchev–Trinajstić information content (AvgIpc) is 2.88. The number of amides is 1. The number of nitrogens with two attached hydrogens (primary N) is 1. The number of carbonyl (C=O) groups is 1. The van der Waals surface area contributed by atoms with Gasteiger partial charge in [0, 0.05) is 16.2 Å². The fraction of sp³-hybridized carbons (Fsp3) is 0.333. The first-order valence-electron chi connectivity index (χ1n) is 12.8. The second kappa shape index (κ2) is 12.3. The largest absolute Gasteiger partial charge is 0.350 e. The Morgan fingerprint density at radius 2 is 1.81 bits per heavy atom. The molecule has 4 rings (SSSR count). The summed E-state index contributed by atoms with van der Waals surface area (Å²) in [5.41, 5.74) is -0.891. The van der Waals surface area contributed by atoms with E-state index in [-0.39, 0.29) is 11.3 Å². The van der Waals surface area contributed by atoms with E-state index in [0.717, 1.165) is 18.3 Å². The highest BCUT2D eigenvalue weighted by molar-refractivity contribution is 14.1. The standard InChI is InChI=1S/C27H28F4IN5O4S/c1-14(2)41-36-26(38)18-12-16(21(29)23(31)24(18)35-20-6-5-17(32)13-19(20)28)11-15-7-10-34-25(22(15)30)37(42(33,39)40)27(3)8-4-9-27/h5-7,10,12-14,35H,4,8-9,11H2,1-3H3,(H,36,38)(H2,33,39,40). The molecule has 0 saturated heterocycles. The van der Waals surface area contributed by atoms with Gasteiger partial charge in [0.1, 0.15) is 5.82 Å². The van der Waals surface area contributed by atoms with E-state index in [0.29, 0.717) is 27.1 Å². The second-order valence-corrected chi connectivity index (χ2v) is 13.0. The van der Waals surface area contributed by atoms with Gasteiger partial charge in [-0.15, -0.1) is 0 Å². The van der Waals surface area contributed by atoms with E-state index in [4.69, 9.17) is 9.98 Å². The fourth-order valence-corrected chi connectivity index (χ4v) is 6.21. The zero-order valence-electron chi connectivity index (χ0n) is 22.8. The van der Waals surface area contributed by atoms with Gasteiger partial charge in [-0.05, 0) is 104 Å². The van der Waals surface area contributed by atoms with Gasteiger partial charge >= 0.3 is 10.2 Å². The van der Waals surface area contributed by atoms with Gasteiger partial charge in [0.15, 0.2) is 23.3 Å². The summed E-state index contributed by atoms with van der Waals surface area (Å²) in [6, 6.07) is 6.13. The Morgan fingerprint density at radius 3 is 2.38 bits per heavy atom. The Balaban J connectivity index is 1.79. The van der Waals surface area contributed by atoms with Crippen LogP contribution in [-0.4, -0.2) is 31.0 Å². The molecule has 0 aliphatic heterocycles. The molecule has 0 spiro atoms. The number of hydrogen-bond donors (Lipinski definition) is 3. The number of benzene rings is 2. The van der Waals surface area contributed by atoms with Gasteiger partial charge in [-0.1, -0.05) is 0 Å². The third-order valence-electron chi connectivity index (χ3n) is 6.80. The number of nitrogens with zero attached hydrogens (tertiary/aromatic N) is 2. The molecule has 0 bridgehead atoms. The second-order valence-electron chi connectivity index (χ2n) is 10.4. The predicted octanol–water partition coefficient (Wildman–Crippen LogP) is 5.60. The van der Waals surface area contributed by atoms with E-state index in [1.165, 1.54) is 18.2 Å². The topological polar surface area (TPSA) is 127 Å². The normalized spacial score (nSPS) is 14.4. The van der Waals surface area contributed by atoms with Crippen molar-refractivity contribution in [2.75, 3.05) is 9.62 Å². The van der Waals surface area contributed by atoms with Crippen LogP contribution in [0, 0.1) is 26.8 Å². The first-order valence-corrected chi connectivity index (χ1v) is 15.4. The number of halogens is 5. The van der Waals surface area contributed by atoms with Gasteiger partial charge in [-0.25, -0.2) is 37.5 Å². The summed E-state index contributed by atoms with van der Waals surface area (Å²) in [6.07, 6.45) is 1.60. The van der Waals surface area contributed by atoms with Crippen molar-refractivity contribution in [1.29, 1.82) is 0 Å². The van der Waals surface area contributed by atoms with Crippen molar-refractivity contribution in [3.63, 3.8) is 0 Å². The molecule has 0 radical (unpaired) electrons. The van der Waals surface area contributed by atoms with E-state index in [1.54, 1.807) is 20.8 Å². The number of pyridine rings is 1. The molecular formula is C27H28F4IN5O4S. The summed E-state index contributed by atoms with van der Waals surface area (Å²) in [5, 5.41) is 7.85. The SMILES string of the molecule is CC(C)ONC(=O)c1cc(Cc2ccnc(N(C3(C)CCC3)S(N)(=O)=O)c2F)c(F)c(F)c1Nc1ccc(I)cc1F. The molecule has 4 N–H and O–H groups in total. The highest BCUT2D eigenvalue weighted by Gasteiger charge is 2.45. The Morgan fingerprint density at radius 1 is 1.12 bits per heavy atom. The van der Waals surface area contributed by atoms with E-state index in [1.807, 2.05) is 22.6 Å². The molecular weight excluding hydrogens is 693 g/mol. The molecule has 1 saturated carbocycles. The van der Waals surface area contributed by atoms with Crippen molar-refractivity contribution in [2.45, 2.75) is 58.1 Å². The number of rotatable bonds is 10. The molecule has 15 heteroatoms. The Bertz CT molecular complexity index is 1640. The monoisotopic (exact) mass is 721 g/mol. The summed E-state index contributed by atoms with van der Waals surface area (Å²) >= 11 is 1.88. The van der Waals surface area contributed by atoms with Crippen molar-refractivity contribution in [1.82, 2.24) is 10.5 Å². The molecule has 42 heavy (non-hydrogen) atoms. The molecule has 0 unspecified atom stereocenters. The van der Waals surface area contributed by atoms with Gasteiger partial charge in [0.05, 0.1) is 28.6 Å². The maximum atomic E-state index is 15.8.